The van der Waals surface area contributed by atoms with Crippen molar-refractivity contribution in [3.63, 3.8) is 0 Å². The zero-order chi connectivity index (χ0) is 22.3. The number of aromatic amines is 1. The number of aromatic hydroxyl groups is 1. The zero-order valence-corrected chi connectivity index (χ0v) is 17.9. The Morgan fingerprint density at radius 3 is 2.68 bits per heavy atom. The summed E-state index contributed by atoms with van der Waals surface area (Å²) in [6.07, 6.45) is 0.224. The van der Waals surface area contributed by atoms with E-state index < -0.39 is 23.2 Å². The fourth-order valence-corrected chi connectivity index (χ4v) is 4.72. The van der Waals surface area contributed by atoms with E-state index in [1.165, 1.54) is 30.4 Å². The first-order chi connectivity index (χ1) is 14.8. The van der Waals surface area contributed by atoms with Crippen LogP contribution in [0.1, 0.15) is 35.4 Å². The van der Waals surface area contributed by atoms with Crippen LogP contribution in [0.5, 0.6) is 11.6 Å². The maximum Gasteiger partial charge on any atom is 0.335 e. The highest BCUT2D eigenvalue weighted by molar-refractivity contribution is 7.10. The molecular formula is C21H20N4O5S. The van der Waals surface area contributed by atoms with E-state index in [2.05, 4.69) is 10.1 Å². The molecule has 3 aromatic rings. The smallest absolute Gasteiger partial charge is 0.335 e. The van der Waals surface area contributed by atoms with E-state index in [9.17, 15) is 19.5 Å². The van der Waals surface area contributed by atoms with Gasteiger partial charge in [-0.05, 0) is 36.1 Å². The Labute approximate surface area is 180 Å². The highest BCUT2D eigenvalue weighted by Crippen LogP contribution is 2.38. The number of carbonyl (C=O) groups is 1. The molecule has 1 amide bonds. The molecule has 4 rings (SSSR count). The lowest BCUT2D eigenvalue weighted by Crippen LogP contribution is -2.33. The van der Waals surface area contributed by atoms with E-state index in [0.29, 0.717) is 5.75 Å². The first kappa shape index (κ1) is 20.6. The molecule has 0 radical (unpaired) electrons. The van der Waals surface area contributed by atoms with Crippen molar-refractivity contribution in [1.29, 1.82) is 0 Å². The Morgan fingerprint density at radius 1 is 1.29 bits per heavy atom. The van der Waals surface area contributed by atoms with Gasteiger partial charge in [-0.25, -0.2) is 14.4 Å². The van der Waals surface area contributed by atoms with E-state index in [4.69, 9.17) is 4.74 Å². The van der Waals surface area contributed by atoms with Crippen LogP contribution in [0, 0.1) is 6.92 Å². The van der Waals surface area contributed by atoms with Crippen molar-refractivity contribution in [2.24, 2.45) is 5.10 Å². The number of hydrogen-bond donors (Lipinski definition) is 2. The first-order valence-corrected chi connectivity index (χ1v) is 10.3. The number of thiophene rings is 1. The number of benzene rings is 1. The van der Waals surface area contributed by atoms with Crippen LogP contribution in [0.25, 0.3) is 5.69 Å². The summed E-state index contributed by atoms with van der Waals surface area (Å²) in [6.45, 7) is 3.33. The minimum atomic E-state index is -0.816. The molecular weight excluding hydrogens is 420 g/mol. The summed E-state index contributed by atoms with van der Waals surface area (Å²) >= 11 is 1.49. The zero-order valence-electron chi connectivity index (χ0n) is 17.1. The second-order valence-electron chi connectivity index (χ2n) is 7.06. The molecule has 3 heterocycles. The van der Waals surface area contributed by atoms with Crippen LogP contribution < -0.4 is 16.0 Å². The second-order valence-corrected chi connectivity index (χ2v) is 8.01. The van der Waals surface area contributed by atoms with Gasteiger partial charge >= 0.3 is 5.69 Å². The Kier molecular flexibility index (Phi) is 5.24. The molecule has 0 saturated carbocycles. The van der Waals surface area contributed by atoms with Crippen molar-refractivity contribution in [2.75, 3.05) is 7.11 Å². The Morgan fingerprint density at radius 2 is 2.03 bits per heavy atom. The monoisotopic (exact) mass is 440 g/mol. The first-order valence-electron chi connectivity index (χ1n) is 9.46. The molecule has 0 aliphatic carbocycles. The molecule has 0 fully saturated rings. The third kappa shape index (κ3) is 3.44. The highest BCUT2D eigenvalue weighted by Gasteiger charge is 2.36. The fourth-order valence-electron chi connectivity index (χ4n) is 3.70. The molecule has 2 N–H and O–H groups in total. The molecule has 0 spiro atoms. The van der Waals surface area contributed by atoms with Crippen molar-refractivity contribution in [3.05, 3.63) is 72.6 Å². The van der Waals surface area contributed by atoms with Crippen LogP contribution in [0.15, 0.2) is 50.4 Å². The van der Waals surface area contributed by atoms with E-state index in [0.717, 1.165) is 15.0 Å². The van der Waals surface area contributed by atoms with Crippen molar-refractivity contribution >= 4 is 23.0 Å². The van der Waals surface area contributed by atoms with Crippen molar-refractivity contribution in [1.82, 2.24) is 14.6 Å². The molecule has 1 aliphatic rings. The number of rotatable bonds is 4. The number of amides is 1. The number of ether oxygens (including phenoxy) is 1. The average molecular weight is 440 g/mol. The van der Waals surface area contributed by atoms with Crippen LogP contribution in [0.2, 0.25) is 0 Å². The molecule has 31 heavy (non-hydrogen) atoms. The molecule has 1 aromatic carbocycles. The normalized spacial score (nSPS) is 15.8. The molecule has 0 saturated heterocycles. The van der Waals surface area contributed by atoms with Gasteiger partial charge in [-0.3, -0.25) is 14.6 Å². The van der Waals surface area contributed by atoms with Gasteiger partial charge in [-0.1, -0.05) is 12.1 Å². The molecule has 0 unspecified atom stereocenters. The van der Waals surface area contributed by atoms with Crippen LogP contribution in [-0.2, 0) is 4.79 Å². The van der Waals surface area contributed by atoms with Gasteiger partial charge in [0, 0.05) is 18.2 Å². The van der Waals surface area contributed by atoms with Gasteiger partial charge < -0.3 is 9.84 Å². The summed E-state index contributed by atoms with van der Waals surface area (Å²) < 4.78 is 6.25. The summed E-state index contributed by atoms with van der Waals surface area (Å²) in [5, 5.41) is 18.6. The lowest BCUT2D eigenvalue weighted by Gasteiger charge is -2.19. The Bertz CT molecular complexity index is 1320. The lowest BCUT2D eigenvalue weighted by molar-refractivity contribution is -0.130. The van der Waals surface area contributed by atoms with Gasteiger partial charge in [0.15, 0.2) is 0 Å². The molecule has 1 aliphatic heterocycles. The third-order valence-corrected chi connectivity index (χ3v) is 6.26. The van der Waals surface area contributed by atoms with E-state index in [1.54, 1.807) is 24.3 Å². The summed E-state index contributed by atoms with van der Waals surface area (Å²) in [7, 11) is 1.44. The number of carbonyl (C=O) groups excluding carboxylic acids is 1. The minimum Gasteiger partial charge on any atom is -0.495 e. The number of nitrogens with zero attached hydrogens (tertiary/aromatic N) is 3. The van der Waals surface area contributed by atoms with Gasteiger partial charge in [0.25, 0.3) is 5.56 Å². The molecule has 10 heteroatoms. The maximum atomic E-state index is 12.7. The Hall–Kier alpha value is -3.66. The number of H-pyrrole nitrogens is 1. The van der Waals surface area contributed by atoms with Gasteiger partial charge in [-0.15, -0.1) is 11.3 Å². The van der Waals surface area contributed by atoms with E-state index in [1.807, 2.05) is 18.4 Å². The number of hydrogen-bond acceptors (Lipinski definition) is 7. The molecule has 9 nitrogen and oxygen atoms in total. The topological polar surface area (TPSA) is 117 Å². The van der Waals surface area contributed by atoms with Gasteiger partial charge in [0.2, 0.25) is 11.8 Å². The molecule has 1 atom stereocenters. The van der Waals surface area contributed by atoms with Crippen molar-refractivity contribution < 1.29 is 14.6 Å². The standard InChI is InChI=1S/C21H20N4O5S/c1-11-8-9-31-18(11)15-10-13(23-25(15)12(2)26)17-19(27)22-21(29)24(20(17)28)14-6-4-5-7-16(14)30-3/h4-9,15,28H,10H2,1-3H3,(H,22,27,29)/t15-/m1/s1. The summed E-state index contributed by atoms with van der Waals surface area (Å²) in [5.74, 6) is -0.519. The highest BCUT2D eigenvalue weighted by atomic mass is 32.1. The number of aromatic nitrogens is 2. The number of para-hydroxylation sites is 2. The van der Waals surface area contributed by atoms with E-state index >= 15 is 0 Å². The number of aryl methyl sites for hydroxylation is 1. The van der Waals surface area contributed by atoms with Gasteiger partial charge in [-0.2, -0.15) is 5.10 Å². The summed E-state index contributed by atoms with van der Waals surface area (Å²) in [4.78, 5) is 40.7. The largest absolute Gasteiger partial charge is 0.495 e. The van der Waals surface area contributed by atoms with Crippen LogP contribution in [0.3, 0.4) is 0 Å². The van der Waals surface area contributed by atoms with Crippen molar-refractivity contribution in [2.45, 2.75) is 26.3 Å². The Balaban J connectivity index is 1.88. The summed E-state index contributed by atoms with van der Waals surface area (Å²) in [6, 6.07) is 8.16. The van der Waals surface area contributed by atoms with Gasteiger partial charge in [0.1, 0.15) is 11.3 Å². The van der Waals surface area contributed by atoms with Crippen LogP contribution in [-0.4, -0.2) is 38.4 Å². The second kappa shape index (κ2) is 7.88. The number of hydrazone groups is 1. The SMILES string of the molecule is COc1ccccc1-n1c(O)c(C2=NN(C(C)=O)[C@@H](c3sccc3C)C2)c(=O)[nH]c1=O. The molecule has 2 aromatic heterocycles. The minimum absolute atomic E-state index is 0.159. The number of nitrogens with one attached hydrogen (secondary N) is 1. The molecule has 160 valence electrons. The number of methoxy groups -OCH3 is 1. The third-order valence-electron chi connectivity index (χ3n) is 5.14. The van der Waals surface area contributed by atoms with E-state index in [-0.39, 0.29) is 29.3 Å². The van der Waals surface area contributed by atoms with Gasteiger partial charge in [0.05, 0.1) is 24.6 Å². The maximum absolute atomic E-state index is 12.7. The summed E-state index contributed by atoms with van der Waals surface area (Å²) in [5.41, 5.74) is -0.265. The lowest BCUT2D eigenvalue weighted by atomic mass is 10.0. The predicted molar refractivity (Wildman–Crippen MR) is 116 cm³/mol. The van der Waals surface area contributed by atoms with Crippen LogP contribution in [0.4, 0.5) is 0 Å². The van der Waals surface area contributed by atoms with Crippen LogP contribution >= 0.6 is 11.3 Å². The average Bonchev–Trinajstić information content (AvgIpc) is 3.34. The predicted octanol–water partition coefficient (Wildman–Crippen LogP) is 2.31. The van der Waals surface area contributed by atoms with Crippen molar-refractivity contribution in [3.8, 4) is 17.3 Å². The quantitative estimate of drug-likeness (QED) is 0.646. The fraction of sp³-hybridized carbons (Fsp3) is 0.238. The molecule has 0 bridgehead atoms.